The van der Waals surface area contributed by atoms with E-state index in [1.807, 2.05) is 60.7 Å². The third-order valence-corrected chi connectivity index (χ3v) is 3.95. The van der Waals surface area contributed by atoms with E-state index in [4.69, 9.17) is 4.74 Å². The monoisotopic (exact) mass is 282 g/mol. The maximum Gasteiger partial charge on any atom is 0.168 e. The van der Waals surface area contributed by atoms with Gasteiger partial charge in [0.1, 0.15) is 0 Å². The van der Waals surface area contributed by atoms with Gasteiger partial charge < -0.3 is 9.84 Å². The Hall–Kier alpha value is -1.97. The van der Waals surface area contributed by atoms with Crippen molar-refractivity contribution in [3.05, 3.63) is 71.8 Å². The molecule has 21 heavy (non-hydrogen) atoms. The van der Waals surface area contributed by atoms with Crippen molar-refractivity contribution >= 4 is 5.78 Å². The van der Waals surface area contributed by atoms with Gasteiger partial charge in [-0.15, -0.1) is 0 Å². The van der Waals surface area contributed by atoms with Crippen molar-refractivity contribution in [3.8, 4) is 0 Å². The highest BCUT2D eigenvalue weighted by Gasteiger charge is 2.40. The average Bonchev–Trinajstić information content (AvgIpc) is 3.00. The third kappa shape index (κ3) is 2.89. The molecule has 1 aliphatic heterocycles. The van der Waals surface area contributed by atoms with Crippen molar-refractivity contribution in [2.75, 3.05) is 6.61 Å². The van der Waals surface area contributed by atoms with E-state index in [0.29, 0.717) is 12.0 Å². The number of rotatable bonds is 4. The number of hydrogen-bond acceptors (Lipinski definition) is 3. The summed E-state index contributed by atoms with van der Waals surface area (Å²) in [5.41, 5.74) is 1.69. The summed E-state index contributed by atoms with van der Waals surface area (Å²) in [5, 5.41) is 9.36. The van der Waals surface area contributed by atoms with Crippen LogP contribution in [0, 0.1) is 5.92 Å². The molecular weight excluding hydrogens is 264 g/mol. The van der Waals surface area contributed by atoms with Gasteiger partial charge in [0.2, 0.25) is 0 Å². The van der Waals surface area contributed by atoms with Crippen molar-refractivity contribution in [3.63, 3.8) is 0 Å². The molecule has 2 aromatic rings. The van der Waals surface area contributed by atoms with Gasteiger partial charge in [-0.1, -0.05) is 60.7 Å². The Labute approximate surface area is 124 Å². The molecular formula is C18H18O3. The molecule has 0 amide bonds. The highest BCUT2D eigenvalue weighted by atomic mass is 16.5. The van der Waals surface area contributed by atoms with Crippen molar-refractivity contribution in [2.45, 2.75) is 18.6 Å². The smallest absolute Gasteiger partial charge is 0.168 e. The Balaban J connectivity index is 1.89. The molecule has 0 aliphatic carbocycles. The van der Waals surface area contributed by atoms with Crippen LogP contribution in [0.25, 0.3) is 0 Å². The largest absolute Gasteiger partial charge is 0.394 e. The number of ether oxygens (including phenoxy) is 1. The lowest BCUT2D eigenvalue weighted by molar-refractivity contribution is 0.00489. The Bertz CT molecular complexity index is 594. The second-order valence-corrected chi connectivity index (χ2v) is 5.34. The van der Waals surface area contributed by atoms with Crippen LogP contribution in [0.4, 0.5) is 0 Å². The van der Waals surface area contributed by atoms with Gasteiger partial charge >= 0.3 is 0 Å². The molecule has 1 heterocycles. The van der Waals surface area contributed by atoms with E-state index >= 15 is 0 Å². The fraction of sp³-hybridized carbons (Fsp3) is 0.278. The van der Waals surface area contributed by atoms with E-state index in [9.17, 15) is 9.90 Å². The number of carbonyl (C=O) groups is 1. The normalized spacial score (nSPS) is 24.9. The SMILES string of the molecule is O=C(c1ccccc1)[C@@H]1C[C@@H](CO)O[C@H]1c1ccccc1. The van der Waals surface area contributed by atoms with Gasteiger partial charge in [-0.3, -0.25) is 4.79 Å². The van der Waals surface area contributed by atoms with Gasteiger partial charge in [0.05, 0.1) is 24.7 Å². The first-order valence-corrected chi connectivity index (χ1v) is 7.20. The van der Waals surface area contributed by atoms with Crippen molar-refractivity contribution in [1.29, 1.82) is 0 Å². The molecule has 0 radical (unpaired) electrons. The Kier molecular flexibility index (Phi) is 4.13. The number of Topliss-reactive ketones (excluding diaryl/α,β-unsaturated/α-hetero) is 1. The van der Waals surface area contributed by atoms with Gasteiger partial charge in [0.15, 0.2) is 5.78 Å². The molecule has 0 bridgehead atoms. The van der Waals surface area contributed by atoms with E-state index in [1.54, 1.807) is 0 Å². The maximum atomic E-state index is 12.7. The third-order valence-electron chi connectivity index (χ3n) is 3.95. The van der Waals surface area contributed by atoms with Crippen LogP contribution >= 0.6 is 0 Å². The topological polar surface area (TPSA) is 46.5 Å². The van der Waals surface area contributed by atoms with Crippen LogP contribution < -0.4 is 0 Å². The molecule has 3 atom stereocenters. The molecule has 3 rings (SSSR count). The molecule has 0 unspecified atom stereocenters. The van der Waals surface area contributed by atoms with Crippen molar-refractivity contribution in [1.82, 2.24) is 0 Å². The highest BCUT2D eigenvalue weighted by Crippen LogP contribution is 2.39. The Morgan fingerprint density at radius 1 is 1.05 bits per heavy atom. The summed E-state index contributed by atoms with van der Waals surface area (Å²) >= 11 is 0. The Morgan fingerprint density at radius 3 is 2.29 bits per heavy atom. The minimum atomic E-state index is -0.281. The van der Waals surface area contributed by atoms with Gasteiger partial charge in [-0.25, -0.2) is 0 Å². The number of carbonyl (C=O) groups excluding carboxylic acids is 1. The highest BCUT2D eigenvalue weighted by molar-refractivity contribution is 5.98. The number of aliphatic hydroxyl groups excluding tert-OH is 1. The minimum Gasteiger partial charge on any atom is -0.394 e. The van der Waals surface area contributed by atoms with Crippen LogP contribution in [-0.4, -0.2) is 23.6 Å². The maximum absolute atomic E-state index is 12.7. The molecule has 0 aromatic heterocycles. The van der Waals surface area contributed by atoms with E-state index in [1.165, 1.54) is 0 Å². The van der Waals surface area contributed by atoms with Gasteiger partial charge in [0, 0.05) is 5.56 Å². The summed E-state index contributed by atoms with van der Waals surface area (Å²) in [5.74, 6) is -0.160. The zero-order valence-electron chi connectivity index (χ0n) is 11.7. The summed E-state index contributed by atoms with van der Waals surface area (Å²) in [6, 6.07) is 19.0. The zero-order chi connectivity index (χ0) is 14.7. The molecule has 0 spiro atoms. The summed E-state index contributed by atoms with van der Waals surface area (Å²) in [4.78, 5) is 12.7. The quantitative estimate of drug-likeness (QED) is 0.877. The molecule has 1 saturated heterocycles. The zero-order valence-corrected chi connectivity index (χ0v) is 11.7. The molecule has 0 saturated carbocycles. The van der Waals surface area contributed by atoms with E-state index < -0.39 is 0 Å². The van der Waals surface area contributed by atoms with Crippen molar-refractivity contribution in [2.24, 2.45) is 5.92 Å². The average molecular weight is 282 g/mol. The second-order valence-electron chi connectivity index (χ2n) is 5.34. The Morgan fingerprint density at radius 2 is 1.67 bits per heavy atom. The lowest BCUT2D eigenvalue weighted by Crippen LogP contribution is -2.18. The predicted octanol–water partition coefficient (Wildman–Crippen LogP) is 3.01. The van der Waals surface area contributed by atoms with E-state index in [2.05, 4.69) is 0 Å². The van der Waals surface area contributed by atoms with Crippen molar-refractivity contribution < 1.29 is 14.6 Å². The molecule has 108 valence electrons. The molecule has 1 aliphatic rings. The number of benzene rings is 2. The summed E-state index contributed by atoms with van der Waals surface area (Å²) in [6.45, 7) is -0.0537. The first kappa shape index (κ1) is 14.0. The van der Waals surface area contributed by atoms with Gasteiger partial charge in [-0.2, -0.15) is 0 Å². The summed E-state index contributed by atoms with van der Waals surface area (Å²) < 4.78 is 5.88. The predicted molar refractivity (Wildman–Crippen MR) is 80.0 cm³/mol. The number of ketones is 1. The lowest BCUT2D eigenvalue weighted by Gasteiger charge is -2.18. The molecule has 1 fully saturated rings. The molecule has 1 N–H and O–H groups in total. The minimum absolute atomic E-state index is 0.0537. The van der Waals surface area contributed by atoms with E-state index in [0.717, 1.165) is 5.56 Å². The van der Waals surface area contributed by atoms with Gasteiger partial charge in [0.25, 0.3) is 0 Å². The van der Waals surface area contributed by atoms with Crippen LogP contribution in [0.15, 0.2) is 60.7 Å². The standard InChI is InChI=1S/C18H18O3/c19-12-15-11-16(17(20)13-7-3-1-4-8-13)18(21-15)14-9-5-2-6-10-14/h1-10,15-16,18-19H,11-12H2/t15-,16-,18-/m0/s1. The second kappa shape index (κ2) is 6.20. The van der Waals surface area contributed by atoms with Gasteiger partial charge in [-0.05, 0) is 12.0 Å². The fourth-order valence-corrected chi connectivity index (χ4v) is 2.90. The van der Waals surface area contributed by atoms with Crippen LogP contribution in [-0.2, 0) is 4.74 Å². The fourth-order valence-electron chi connectivity index (χ4n) is 2.90. The molecule has 3 heteroatoms. The van der Waals surface area contributed by atoms with Crippen LogP contribution in [0.2, 0.25) is 0 Å². The lowest BCUT2D eigenvalue weighted by atomic mass is 9.87. The number of aliphatic hydroxyl groups is 1. The van der Waals surface area contributed by atoms with E-state index in [-0.39, 0.29) is 30.5 Å². The van der Waals surface area contributed by atoms with Crippen LogP contribution in [0.3, 0.4) is 0 Å². The number of hydrogen-bond donors (Lipinski definition) is 1. The molecule has 2 aromatic carbocycles. The first-order chi connectivity index (χ1) is 10.3. The summed E-state index contributed by atoms with van der Waals surface area (Å²) in [6.07, 6.45) is 0.00739. The summed E-state index contributed by atoms with van der Waals surface area (Å²) in [7, 11) is 0. The van der Waals surface area contributed by atoms with Crippen LogP contribution in [0.5, 0.6) is 0 Å². The molecule has 3 nitrogen and oxygen atoms in total. The van der Waals surface area contributed by atoms with Crippen LogP contribution in [0.1, 0.15) is 28.4 Å². The first-order valence-electron chi connectivity index (χ1n) is 7.20.